The summed E-state index contributed by atoms with van der Waals surface area (Å²) in [5.41, 5.74) is 0.442. The van der Waals surface area contributed by atoms with Crippen molar-refractivity contribution in [3.8, 4) is 0 Å². The third-order valence-electron chi connectivity index (χ3n) is 5.73. The molecule has 6 nitrogen and oxygen atoms in total. The highest BCUT2D eigenvalue weighted by atomic mass is 16.5. The van der Waals surface area contributed by atoms with Crippen LogP contribution in [-0.4, -0.2) is 60.7 Å². The molecule has 0 aliphatic heterocycles. The van der Waals surface area contributed by atoms with E-state index in [0.717, 1.165) is 24.2 Å². The minimum absolute atomic E-state index is 0.296. The van der Waals surface area contributed by atoms with Gasteiger partial charge in [-0.05, 0) is 45.0 Å². The van der Waals surface area contributed by atoms with E-state index in [1.807, 2.05) is 18.2 Å². The van der Waals surface area contributed by atoms with E-state index in [0.29, 0.717) is 30.8 Å². The molecule has 0 radical (unpaired) electrons. The van der Waals surface area contributed by atoms with Crippen molar-refractivity contribution in [2.24, 2.45) is 0 Å². The third-order valence-corrected chi connectivity index (χ3v) is 5.73. The van der Waals surface area contributed by atoms with Gasteiger partial charge in [-0.25, -0.2) is 0 Å². The fourth-order valence-corrected chi connectivity index (χ4v) is 3.79. The van der Waals surface area contributed by atoms with Crippen molar-refractivity contribution in [2.75, 3.05) is 27.2 Å². The Hall–Kier alpha value is -3.25. The Balaban J connectivity index is 1.83. The summed E-state index contributed by atoms with van der Waals surface area (Å²) < 4.78 is 6.09. The van der Waals surface area contributed by atoms with E-state index >= 15 is 0 Å². The first kappa shape index (κ1) is 23.4. The van der Waals surface area contributed by atoms with Gasteiger partial charge in [0.2, 0.25) is 6.41 Å². The molecular formula is C26H30N2O4. The molecule has 6 heteroatoms. The number of ketones is 1. The number of benzene rings is 1. The van der Waals surface area contributed by atoms with E-state index in [2.05, 4.69) is 12.2 Å². The van der Waals surface area contributed by atoms with Crippen LogP contribution in [0.5, 0.6) is 0 Å². The number of amides is 2. The topological polar surface area (TPSA) is 66.9 Å². The van der Waals surface area contributed by atoms with Crippen LogP contribution in [0.3, 0.4) is 0 Å². The highest BCUT2D eigenvalue weighted by molar-refractivity contribution is 6.04. The molecule has 0 N–H and O–H groups in total. The predicted molar refractivity (Wildman–Crippen MR) is 124 cm³/mol. The zero-order chi connectivity index (χ0) is 23.0. The van der Waals surface area contributed by atoms with E-state index in [9.17, 15) is 14.4 Å². The molecular weight excluding hydrogens is 404 g/mol. The Morgan fingerprint density at radius 3 is 2.50 bits per heavy atom. The number of Topliss-reactive ketones (excluding diaryl/α,β-unsaturated/α-hetero) is 1. The van der Waals surface area contributed by atoms with Gasteiger partial charge in [0, 0.05) is 12.0 Å². The largest absolute Gasteiger partial charge is 0.494 e. The van der Waals surface area contributed by atoms with Crippen LogP contribution >= 0.6 is 0 Å². The first-order valence-corrected chi connectivity index (χ1v) is 10.8. The number of hydrogen-bond acceptors (Lipinski definition) is 5. The molecule has 1 aromatic rings. The minimum Gasteiger partial charge on any atom is -0.494 e. The summed E-state index contributed by atoms with van der Waals surface area (Å²) in [7, 11) is 3.55. The van der Waals surface area contributed by atoms with Gasteiger partial charge in [-0.3, -0.25) is 24.2 Å². The molecule has 168 valence electrons. The molecule has 0 heterocycles. The maximum Gasteiger partial charge on any atom is 0.258 e. The molecule has 0 saturated heterocycles. The lowest BCUT2D eigenvalue weighted by Gasteiger charge is -2.35. The Morgan fingerprint density at radius 1 is 1.09 bits per heavy atom. The van der Waals surface area contributed by atoms with Crippen LogP contribution in [0.15, 0.2) is 78.1 Å². The van der Waals surface area contributed by atoms with E-state index in [1.165, 1.54) is 5.57 Å². The fourth-order valence-electron chi connectivity index (χ4n) is 3.79. The molecule has 0 saturated carbocycles. The lowest BCUT2D eigenvalue weighted by Crippen LogP contribution is -2.55. The van der Waals surface area contributed by atoms with Gasteiger partial charge in [-0.1, -0.05) is 60.7 Å². The second-order valence-corrected chi connectivity index (χ2v) is 8.18. The minimum atomic E-state index is -1.22. The van der Waals surface area contributed by atoms with Gasteiger partial charge in [-0.15, -0.1) is 0 Å². The SMILES string of the molecule is CN(C)C1(C(=O)N(C=O)CC(=O)c2ccccc2)C=CCCC(OCC2=CC=CCC2)=C1. The Kier molecular flexibility index (Phi) is 7.95. The van der Waals surface area contributed by atoms with Crippen LogP contribution in [0.1, 0.15) is 36.0 Å². The Morgan fingerprint density at radius 2 is 1.84 bits per heavy atom. The summed E-state index contributed by atoms with van der Waals surface area (Å²) in [6, 6.07) is 8.65. The highest BCUT2D eigenvalue weighted by Gasteiger charge is 2.41. The number of likely N-dealkylation sites (N-methyl/N-ethyl adjacent to an activating group) is 1. The quantitative estimate of drug-likeness (QED) is 0.337. The van der Waals surface area contributed by atoms with Crippen LogP contribution in [0.4, 0.5) is 0 Å². The van der Waals surface area contributed by atoms with Crippen molar-refractivity contribution in [2.45, 2.75) is 31.2 Å². The monoisotopic (exact) mass is 434 g/mol. The molecule has 1 atom stereocenters. The summed E-state index contributed by atoms with van der Waals surface area (Å²) >= 11 is 0. The summed E-state index contributed by atoms with van der Waals surface area (Å²) in [4.78, 5) is 40.8. The first-order chi connectivity index (χ1) is 15.5. The van der Waals surface area contributed by atoms with E-state index < -0.39 is 11.4 Å². The van der Waals surface area contributed by atoms with Crippen molar-refractivity contribution in [1.29, 1.82) is 0 Å². The van der Waals surface area contributed by atoms with Crippen LogP contribution in [0.25, 0.3) is 0 Å². The number of carbonyl (C=O) groups is 3. The van der Waals surface area contributed by atoms with Gasteiger partial charge in [0.25, 0.3) is 5.91 Å². The highest BCUT2D eigenvalue weighted by Crippen LogP contribution is 2.28. The number of allylic oxidation sites excluding steroid dienone is 5. The average molecular weight is 435 g/mol. The summed E-state index contributed by atoms with van der Waals surface area (Å²) in [6.45, 7) is 0.150. The molecule has 1 aromatic carbocycles. The van der Waals surface area contributed by atoms with E-state index in [4.69, 9.17) is 4.74 Å². The number of imide groups is 1. The number of hydrogen-bond donors (Lipinski definition) is 0. The normalized spacial score (nSPS) is 20.2. The van der Waals surface area contributed by atoms with Gasteiger partial charge < -0.3 is 4.74 Å². The zero-order valence-corrected chi connectivity index (χ0v) is 18.7. The number of nitrogens with zero attached hydrogens (tertiary/aromatic N) is 2. The van der Waals surface area contributed by atoms with Crippen molar-refractivity contribution in [3.63, 3.8) is 0 Å². The van der Waals surface area contributed by atoms with Crippen LogP contribution in [0.2, 0.25) is 0 Å². The zero-order valence-electron chi connectivity index (χ0n) is 18.7. The van der Waals surface area contributed by atoms with Gasteiger partial charge in [0.05, 0.1) is 12.3 Å². The van der Waals surface area contributed by atoms with Crippen LogP contribution in [-0.2, 0) is 14.3 Å². The molecule has 0 bridgehead atoms. The molecule has 3 rings (SSSR count). The molecule has 2 aliphatic carbocycles. The molecule has 0 aromatic heterocycles. The molecule has 0 spiro atoms. The maximum absolute atomic E-state index is 13.6. The Labute approximate surface area is 189 Å². The van der Waals surface area contributed by atoms with Gasteiger partial charge in [0.1, 0.15) is 12.1 Å². The summed E-state index contributed by atoms with van der Waals surface area (Å²) in [6.07, 6.45) is 15.5. The smallest absolute Gasteiger partial charge is 0.258 e. The first-order valence-electron chi connectivity index (χ1n) is 10.8. The van der Waals surface area contributed by atoms with Gasteiger partial charge in [-0.2, -0.15) is 0 Å². The number of carbonyl (C=O) groups excluding carboxylic acids is 3. The van der Waals surface area contributed by atoms with Crippen LogP contribution in [0, 0.1) is 0 Å². The number of rotatable bonds is 9. The average Bonchev–Trinajstić information content (AvgIpc) is 3.05. The molecule has 32 heavy (non-hydrogen) atoms. The fraction of sp³-hybridized carbons (Fsp3) is 0.346. The van der Waals surface area contributed by atoms with Crippen molar-refractivity contribution >= 4 is 18.1 Å². The lowest BCUT2D eigenvalue weighted by atomic mass is 9.94. The third kappa shape index (κ3) is 5.51. The summed E-state index contributed by atoms with van der Waals surface area (Å²) in [5, 5.41) is 0. The van der Waals surface area contributed by atoms with Crippen molar-refractivity contribution in [3.05, 3.63) is 83.7 Å². The van der Waals surface area contributed by atoms with Gasteiger partial charge in [0.15, 0.2) is 5.78 Å². The summed E-state index contributed by atoms with van der Waals surface area (Å²) in [5.74, 6) is -0.0797. The van der Waals surface area contributed by atoms with E-state index in [-0.39, 0.29) is 12.3 Å². The Bertz CT molecular complexity index is 959. The molecule has 2 amide bonds. The van der Waals surface area contributed by atoms with Crippen molar-refractivity contribution < 1.29 is 19.1 Å². The van der Waals surface area contributed by atoms with E-state index in [1.54, 1.807) is 55.4 Å². The molecule has 1 unspecified atom stereocenters. The number of ether oxygens (including phenoxy) is 1. The molecule has 0 fully saturated rings. The van der Waals surface area contributed by atoms with Crippen LogP contribution < -0.4 is 0 Å². The second kappa shape index (κ2) is 10.9. The predicted octanol–water partition coefficient (Wildman–Crippen LogP) is 3.68. The molecule has 2 aliphatic rings. The maximum atomic E-state index is 13.6. The van der Waals surface area contributed by atoms with Gasteiger partial charge >= 0.3 is 0 Å². The van der Waals surface area contributed by atoms with Crippen molar-refractivity contribution in [1.82, 2.24) is 9.80 Å². The standard InChI is InChI=1S/C26H30N2O4/c1-27(2)26(25(31)28(20-29)18-24(30)22-13-7-4-8-14-22)16-10-9-15-23(17-26)32-19-21-11-5-3-6-12-21/h3-5,7-8,10-11,13-14,16-17,20H,6,9,12,15,18-19H2,1-2H3. The second-order valence-electron chi connectivity index (χ2n) is 8.18. The lowest BCUT2D eigenvalue weighted by molar-refractivity contribution is -0.142.